The number of phenolic OH excluding ortho intramolecular Hbond substituents is 1. The fourth-order valence-electron chi connectivity index (χ4n) is 4.21. The normalized spacial score (nSPS) is 13.2. The molecule has 0 amide bonds. The number of benzene rings is 1. The van der Waals surface area contributed by atoms with Crippen molar-refractivity contribution in [3.05, 3.63) is 126 Å². The molecule has 228 valence electrons. The molecule has 1 aromatic carbocycles. The number of hydrogen-bond donors (Lipinski definition) is 1. The Balaban J connectivity index is -0.000000300. The van der Waals surface area contributed by atoms with Gasteiger partial charge in [0.2, 0.25) is 0 Å². The minimum absolute atomic E-state index is 0.268. The lowest BCUT2D eigenvalue weighted by Crippen LogP contribution is -2.30. The first-order valence-corrected chi connectivity index (χ1v) is 15.7. The highest BCUT2D eigenvalue weighted by atomic mass is 16.3. The smallest absolute Gasteiger partial charge is 0.120 e. The molecule has 0 heterocycles. The third-order valence-corrected chi connectivity index (χ3v) is 5.15. The summed E-state index contributed by atoms with van der Waals surface area (Å²) in [6, 6.07) is 7.58. The van der Waals surface area contributed by atoms with Crippen LogP contribution < -0.4 is 0 Å². The van der Waals surface area contributed by atoms with Crippen LogP contribution in [0.4, 0.5) is 0 Å². The van der Waals surface area contributed by atoms with Gasteiger partial charge < -0.3 is 5.11 Å². The van der Waals surface area contributed by atoms with Crippen molar-refractivity contribution in [3.8, 4) is 5.75 Å². The lowest BCUT2D eigenvalue weighted by atomic mass is 9.64. The minimum Gasteiger partial charge on any atom is -0.508 e. The third kappa shape index (κ3) is 11.6. The molecule has 1 aliphatic rings. The van der Waals surface area contributed by atoms with Gasteiger partial charge in [0.1, 0.15) is 5.75 Å². The second kappa shape index (κ2) is 32.2. The van der Waals surface area contributed by atoms with Gasteiger partial charge in [-0.1, -0.05) is 169 Å². The van der Waals surface area contributed by atoms with Gasteiger partial charge in [-0.25, -0.2) is 0 Å². The number of rotatable bonds is 7. The first-order valence-electron chi connectivity index (χ1n) is 15.7. The van der Waals surface area contributed by atoms with E-state index >= 15 is 0 Å². The van der Waals surface area contributed by atoms with Gasteiger partial charge in [-0.3, -0.25) is 0 Å². The van der Waals surface area contributed by atoms with Crippen LogP contribution in [0.25, 0.3) is 0 Å². The summed E-state index contributed by atoms with van der Waals surface area (Å²) in [6.45, 7) is 40.2. The largest absolute Gasteiger partial charge is 0.508 e. The molecule has 0 aromatic heterocycles. The lowest BCUT2D eigenvalue weighted by Gasteiger charge is -2.37. The Morgan fingerprint density at radius 2 is 1.00 bits per heavy atom. The van der Waals surface area contributed by atoms with E-state index in [9.17, 15) is 5.11 Å². The van der Waals surface area contributed by atoms with Crippen LogP contribution in [0.5, 0.6) is 5.75 Å². The van der Waals surface area contributed by atoms with Crippen LogP contribution in [-0.4, -0.2) is 5.11 Å². The van der Waals surface area contributed by atoms with Crippen LogP contribution in [-0.2, 0) is 5.41 Å². The van der Waals surface area contributed by atoms with Crippen LogP contribution in [0.15, 0.2) is 120 Å². The van der Waals surface area contributed by atoms with Gasteiger partial charge >= 0.3 is 0 Å². The Labute approximate surface area is 252 Å². The fourth-order valence-corrected chi connectivity index (χ4v) is 4.21. The van der Waals surface area contributed by atoms with E-state index < -0.39 is 5.41 Å². The van der Waals surface area contributed by atoms with Gasteiger partial charge in [0.05, 0.1) is 5.41 Å². The van der Waals surface area contributed by atoms with Gasteiger partial charge in [-0.2, -0.15) is 0 Å². The van der Waals surface area contributed by atoms with Gasteiger partial charge in [0.25, 0.3) is 0 Å². The first kappa shape index (κ1) is 46.8. The molecule has 0 aliphatic heterocycles. The summed E-state index contributed by atoms with van der Waals surface area (Å²) >= 11 is 0. The maximum atomic E-state index is 10.9. The van der Waals surface area contributed by atoms with Gasteiger partial charge in [-0.05, 0) is 61.6 Å². The van der Waals surface area contributed by atoms with Gasteiger partial charge in [0, 0.05) is 5.56 Å². The van der Waals surface area contributed by atoms with Gasteiger partial charge in [-0.15, -0.1) is 0 Å². The summed E-state index contributed by atoms with van der Waals surface area (Å²) in [5.74, 6) is 0.268. The Kier molecular flexibility index (Phi) is 37.6. The third-order valence-electron chi connectivity index (χ3n) is 5.15. The van der Waals surface area contributed by atoms with E-state index in [-0.39, 0.29) is 5.75 Å². The molecule has 0 atom stereocenters. The molecule has 0 saturated heterocycles. The van der Waals surface area contributed by atoms with Crippen LogP contribution in [0.2, 0.25) is 0 Å². The van der Waals surface area contributed by atoms with E-state index in [1.54, 1.807) is 6.07 Å². The molecule has 1 aliphatic carbocycles. The van der Waals surface area contributed by atoms with Crippen molar-refractivity contribution in [1.29, 1.82) is 0 Å². The Hall–Kier alpha value is -3.06. The van der Waals surface area contributed by atoms with E-state index in [1.807, 2.05) is 159 Å². The molecule has 0 fully saturated rings. The SMILES string of the molecule is C=CC1=C(/C=C\C)C(C(/C=C\C)=C/C)(c2ccccc2O)C(/C=C\C)=C1C=C.CC.CC.CC.CC.CC.CC. The molecule has 0 saturated carbocycles. The zero-order valence-electron chi connectivity index (χ0n) is 29.4. The molecule has 1 N–H and O–H groups in total. The Morgan fingerprint density at radius 1 is 0.625 bits per heavy atom. The van der Waals surface area contributed by atoms with Crippen molar-refractivity contribution in [3.63, 3.8) is 0 Å². The lowest BCUT2D eigenvalue weighted by molar-refractivity contribution is 0.460. The predicted molar refractivity (Wildman–Crippen MR) is 191 cm³/mol. The standard InChI is InChI=1S/C27H30O.6C2H6/c1-7-15-20(10-4)27(25-18-13-14-19-26(25)28)23(16-8-2)21(11-5)22(12-6)24(27)17-9-3;6*1-2/h7-19,28H,5-6H2,1-4H3;6*1-2H3/b15-7-,16-8-,17-9-,20-10+;;;;;;. The summed E-state index contributed by atoms with van der Waals surface area (Å²) in [6.07, 6.45) is 18.4. The Bertz CT molecular complexity index is 903. The van der Waals surface area contributed by atoms with Crippen molar-refractivity contribution in [2.75, 3.05) is 0 Å². The highest BCUT2D eigenvalue weighted by molar-refractivity contribution is 5.78. The van der Waals surface area contributed by atoms with E-state index in [0.29, 0.717) is 0 Å². The zero-order chi connectivity index (χ0) is 32.7. The first-order chi connectivity index (χ1) is 19.6. The maximum absolute atomic E-state index is 10.9. The monoisotopic (exact) mass is 551 g/mol. The molecule has 1 nitrogen and oxygen atoms in total. The van der Waals surface area contributed by atoms with E-state index in [0.717, 1.165) is 33.4 Å². The summed E-state index contributed by atoms with van der Waals surface area (Å²) < 4.78 is 0. The highest BCUT2D eigenvalue weighted by Crippen LogP contribution is 2.57. The van der Waals surface area contributed by atoms with Crippen molar-refractivity contribution in [1.82, 2.24) is 0 Å². The van der Waals surface area contributed by atoms with E-state index in [1.165, 1.54) is 0 Å². The minimum atomic E-state index is -0.654. The molecule has 0 unspecified atom stereocenters. The Morgan fingerprint density at radius 3 is 1.27 bits per heavy atom. The predicted octanol–water partition coefficient (Wildman–Crippen LogP) is 13.4. The molecule has 0 bridgehead atoms. The van der Waals surface area contributed by atoms with Crippen molar-refractivity contribution < 1.29 is 5.11 Å². The zero-order valence-corrected chi connectivity index (χ0v) is 29.4. The molecule has 1 heteroatoms. The van der Waals surface area contributed by atoms with Crippen molar-refractivity contribution in [2.24, 2.45) is 0 Å². The molecular formula is C39H66O. The van der Waals surface area contributed by atoms with E-state index in [2.05, 4.69) is 37.5 Å². The average Bonchev–Trinajstić information content (AvgIpc) is 3.30. The fraction of sp³-hybridized carbons (Fsp3) is 0.436. The van der Waals surface area contributed by atoms with Crippen LogP contribution >= 0.6 is 0 Å². The number of allylic oxidation sites excluding steroid dienone is 14. The molecule has 0 spiro atoms. The van der Waals surface area contributed by atoms with E-state index in [4.69, 9.17) is 0 Å². The topological polar surface area (TPSA) is 20.2 Å². The van der Waals surface area contributed by atoms with Gasteiger partial charge in [0.15, 0.2) is 0 Å². The number of phenols is 1. The molecule has 1 aromatic rings. The second-order valence-corrected chi connectivity index (χ2v) is 6.57. The number of hydrogen-bond acceptors (Lipinski definition) is 1. The second-order valence-electron chi connectivity index (χ2n) is 6.57. The van der Waals surface area contributed by atoms with Crippen molar-refractivity contribution >= 4 is 0 Å². The average molecular weight is 551 g/mol. The molecule has 0 radical (unpaired) electrons. The summed E-state index contributed by atoms with van der Waals surface area (Å²) in [5.41, 5.74) is 5.52. The summed E-state index contributed by atoms with van der Waals surface area (Å²) in [4.78, 5) is 0. The molecule has 2 rings (SSSR count). The number of aromatic hydroxyl groups is 1. The van der Waals surface area contributed by atoms with Crippen LogP contribution in [0.1, 0.15) is 116 Å². The molecular weight excluding hydrogens is 484 g/mol. The maximum Gasteiger partial charge on any atom is 0.120 e. The summed E-state index contributed by atoms with van der Waals surface area (Å²) in [5, 5.41) is 10.9. The highest BCUT2D eigenvalue weighted by Gasteiger charge is 2.48. The number of para-hydroxylation sites is 1. The quantitative estimate of drug-likeness (QED) is 0.335. The van der Waals surface area contributed by atoms with Crippen molar-refractivity contribution in [2.45, 2.75) is 116 Å². The van der Waals surface area contributed by atoms with Crippen LogP contribution in [0.3, 0.4) is 0 Å². The molecule has 40 heavy (non-hydrogen) atoms. The summed E-state index contributed by atoms with van der Waals surface area (Å²) in [7, 11) is 0. The van der Waals surface area contributed by atoms with Crippen LogP contribution in [0, 0.1) is 0 Å².